The van der Waals surface area contributed by atoms with Crippen molar-refractivity contribution in [3.05, 3.63) is 36.0 Å². The van der Waals surface area contributed by atoms with Crippen molar-refractivity contribution in [3.63, 3.8) is 0 Å². The molecule has 0 N–H and O–H groups in total. The number of aryl methyl sites for hydroxylation is 1. The monoisotopic (exact) mass is 369 g/mol. The van der Waals surface area contributed by atoms with E-state index < -0.39 is 0 Å². The van der Waals surface area contributed by atoms with Crippen LogP contribution in [-0.4, -0.2) is 96.0 Å². The first kappa shape index (κ1) is 18.5. The molecule has 0 saturated carbocycles. The lowest BCUT2D eigenvalue weighted by molar-refractivity contribution is -0.134. The number of carbonyl (C=O) groups is 1. The topological polar surface area (TPSA) is 35.0 Å². The number of likely N-dealkylation sites (N-methyl/N-ethyl adjacent to an activating group) is 1. The van der Waals surface area contributed by atoms with Gasteiger partial charge >= 0.3 is 0 Å². The molecule has 4 rings (SSSR count). The Morgan fingerprint density at radius 1 is 0.889 bits per heavy atom. The molecule has 0 aliphatic carbocycles. The van der Waals surface area contributed by atoms with Gasteiger partial charge in [0.2, 0.25) is 5.91 Å². The van der Waals surface area contributed by atoms with Crippen LogP contribution < -0.4 is 0 Å². The molecule has 0 unspecified atom stereocenters. The van der Waals surface area contributed by atoms with Crippen molar-refractivity contribution in [2.75, 3.05) is 66.0 Å². The van der Waals surface area contributed by atoms with E-state index in [1.165, 1.54) is 16.5 Å². The number of piperazine rings is 2. The predicted octanol–water partition coefficient (Wildman–Crippen LogP) is 1.07. The number of hydrogen-bond acceptors (Lipinski definition) is 4. The van der Waals surface area contributed by atoms with Crippen LogP contribution in [0.1, 0.15) is 5.56 Å². The smallest absolute Gasteiger partial charge is 0.236 e. The van der Waals surface area contributed by atoms with Crippen LogP contribution in [0.5, 0.6) is 0 Å². The van der Waals surface area contributed by atoms with Crippen LogP contribution in [-0.2, 0) is 18.4 Å². The maximum atomic E-state index is 12.6. The third kappa shape index (κ3) is 4.18. The summed E-state index contributed by atoms with van der Waals surface area (Å²) >= 11 is 0. The Kier molecular flexibility index (Phi) is 5.48. The second kappa shape index (κ2) is 8.00. The van der Waals surface area contributed by atoms with Crippen molar-refractivity contribution in [2.24, 2.45) is 7.05 Å². The standard InChI is InChI=1S/C21H31N5O/c1-22-8-10-25(11-9-22)17-20(27)26-14-12-24(13-15-26)16-19-5-3-4-18-6-7-23(2)21(18)19/h3-7H,8-17H2,1-2H3. The summed E-state index contributed by atoms with van der Waals surface area (Å²) in [6.45, 7) is 9.26. The van der Waals surface area contributed by atoms with E-state index in [-0.39, 0.29) is 0 Å². The number of benzene rings is 1. The van der Waals surface area contributed by atoms with Crippen LogP contribution >= 0.6 is 0 Å². The second-order valence-corrected chi connectivity index (χ2v) is 8.02. The molecule has 2 saturated heterocycles. The highest BCUT2D eigenvalue weighted by Gasteiger charge is 2.24. The largest absolute Gasteiger partial charge is 0.350 e. The maximum Gasteiger partial charge on any atom is 0.236 e. The van der Waals surface area contributed by atoms with Crippen LogP contribution in [0, 0.1) is 0 Å². The summed E-state index contributed by atoms with van der Waals surface area (Å²) in [7, 11) is 4.26. The van der Waals surface area contributed by atoms with E-state index in [1.807, 2.05) is 0 Å². The van der Waals surface area contributed by atoms with E-state index >= 15 is 0 Å². The van der Waals surface area contributed by atoms with Gasteiger partial charge in [-0.05, 0) is 24.1 Å². The molecular weight excluding hydrogens is 338 g/mol. The lowest BCUT2D eigenvalue weighted by atomic mass is 10.1. The minimum Gasteiger partial charge on any atom is -0.350 e. The molecule has 27 heavy (non-hydrogen) atoms. The van der Waals surface area contributed by atoms with Gasteiger partial charge in [0, 0.05) is 72.1 Å². The number of aromatic nitrogens is 1. The molecule has 1 aromatic carbocycles. The van der Waals surface area contributed by atoms with Gasteiger partial charge in [0.15, 0.2) is 0 Å². The molecule has 1 aromatic heterocycles. The Hall–Kier alpha value is -1.89. The first-order valence-corrected chi connectivity index (χ1v) is 10.0. The molecule has 0 atom stereocenters. The molecule has 6 nitrogen and oxygen atoms in total. The molecular formula is C21H31N5O. The SMILES string of the molecule is CN1CCN(CC(=O)N2CCN(Cc3cccc4ccn(C)c34)CC2)CC1. The summed E-state index contributed by atoms with van der Waals surface area (Å²) in [4.78, 5) is 21.8. The van der Waals surface area contributed by atoms with E-state index in [0.717, 1.165) is 58.9 Å². The zero-order valence-corrected chi connectivity index (χ0v) is 16.6. The summed E-state index contributed by atoms with van der Waals surface area (Å²) in [5.74, 6) is 0.295. The Morgan fingerprint density at radius 3 is 2.33 bits per heavy atom. The lowest BCUT2D eigenvalue weighted by Crippen LogP contribution is -2.53. The van der Waals surface area contributed by atoms with Gasteiger partial charge in [-0.25, -0.2) is 0 Å². The fourth-order valence-electron chi connectivity index (χ4n) is 4.26. The molecule has 6 heteroatoms. The number of para-hydroxylation sites is 1. The first-order chi connectivity index (χ1) is 13.1. The Balaban J connectivity index is 1.30. The number of rotatable bonds is 4. The van der Waals surface area contributed by atoms with Crippen molar-refractivity contribution in [1.82, 2.24) is 24.2 Å². The van der Waals surface area contributed by atoms with E-state index in [4.69, 9.17) is 0 Å². The minimum atomic E-state index is 0.295. The van der Waals surface area contributed by atoms with Crippen molar-refractivity contribution < 1.29 is 4.79 Å². The van der Waals surface area contributed by atoms with E-state index in [2.05, 4.69) is 68.7 Å². The summed E-state index contributed by atoms with van der Waals surface area (Å²) in [6.07, 6.45) is 2.13. The predicted molar refractivity (Wildman–Crippen MR) is 109 cm³/mol. The first-order valence-electron chi connectivity index (χ1n) is 10.0. The van der Waals surface area contributed by atoms with Crippen molar-refractivity contribution in [2.45, 2.75) is 6.54 Å². The van der Waals surface area contributed by atoms with Crippen molar-refractivity contribution >= 4 is 16.8 Å². The molecule has 2 aliphatic heterocycles. The average molecular weight is 370 g/mol. The molecule has 2 aromatic rings. The molecule has 2 aliphatic rings. The van der Waals surface area contributed by atoms with Crippen LogP contribution in [0.25, 0.3) is 10.9 Å². The molecule has 2 fully saturated rings. The fourth-order valence-corrected chi connectivity index (χ4v) is 4.26. The highest BCUT2D eigenvalue weighted by Crippen LogP contribution is 2.21. The summed E-state index contributed by atoms with van der Waals surface area (Å²) < 4.78 is 2.21. The van der Waals surface area contributed by atoms with Crippen molar-refractivity contribution in [1.29, 1.82) is 0 Å². The molecule has 146 valence electrons. The Labute approximate surface area is 161 Å². The van der Waals surface area contributed by atoms with E-state index in [0.29, 0.717) is 12.5 Å². The van der Waals surface area contributed by atoms with Gasteiger partial charge in [0.05, 0.1) is 12.1 Å². The number of carbonyl (C=O) groups excluding carboxylic acids is 1. The van der Waals surface area contributed by atoms with E-state index in [1.54, 1.807) is 0 Å². The van der Waals surface area contributed by atoms with Gasteiger partial charge in [0.25, 0.3) is 0 Å². The zero-order chi connectivity index (χ0) is 18.8. The minimum absolute atomic E-state index is 0.295. The average Bonchev–Trinajstić information content (AvgIpc) is 3.06. The molecule has 3 heterocycles. The van der Waals surface area contributed by atoms with Gasteiger partial charge in [-0.2, -0.15) is 0 Å². The maximum absolute atomic E-state index is 12.6. The molecule has 0 spiro atoms. The number of fused-ring (bicyclic) bond motifs is 1. The highest BCUT2D eigenvalue weighted by atomic mass is 16.2. The third-order valence-corrected chi connectivity index (χ3v) is 6.05. The van der Waals surface area contributed by atoms with Gasteiger partial charge in [-0.3, -0.25) is 14.6 Å². The van der Waals surface area contributed by atoms with E-state index in [9.17, 15) is 4.79 Å². The van der Waals surface area contributed by atoms with Gasteiger partial charge in [-0.15, -0.1) is 0 Å². The summed E-state index contributed by atoms with van der Waals surface area (Å²) in [5.41, 5.74) is 2.70. The van der Waals surface area contributed by atoms with Gasteiger partial charge in [-0.1, -0.05) is 18.2 Å². The molecule has 1 amide bonds. The van der Waals surface area contributed by atoms with Crippen LogP contribution in [0.3, 0.4) is 0 Å². The number of amides is 1. The normalized spacial score (nSPS) is 20.4. The van der Waals surface area contributed by atoms with Crippen LogP contribution in [0.15, 0.2) is 30.5 Å². The number of nitrogens with zero attached hydrogens (tertiary/aromatic N) is 5. The second-order valence-electron chi connectivity index (χ2n) is 8.02. The molecule has 0 bridgehead atoms. The summed E-state index contributed by atoms with van der Waals surface area (Å²) in [5, 5.41) is 1.30. The van der Waals surface area contributed by atoms with Crippen LogP contribution in [0.4, 0.5) is 0 Å². The van der Waals surface area contributed by atoms with Gasteiger partial charge < -0.3 is 14.4 Å². The highest BCUT2D eigenvalue weighted by molar-refractivity contribution is 5.83. The quantitative estimate of drug-likeness (QED) is 0.808. The lowest BCUT2D eigenvalue weighted by Gasteiger charge is -2.37. The van der Waals surface area contributed by atoms with Crippen LogP contribution in [0.2, 0.25) is 0 Å². The Bertz CT molecular complexity index is 785. The summed E-state index contributed by atoms with van der Waals surface area (Å²) in [6, 6.07) is 8.72. The third-order valence-electron chi connectivity index (χ3n) is 6.05. The zero-order valence-electron chi connectivity index (χ0n) is 16.6. The molecule has 0 radical (unpaired) electrons. The number of hydrogen-bond donors (Lipinski definition) is 0. The Morgan fingerprint density at radius 2 is 1.59 bits per heavy atom. The van der Waals surface area contributed by atoms with Crippen molar-refractivity contribution in [3.8, 4) is 0 Å². The van der Waals surface area contributed by atoms with Gasteiger partial charge in [0.1, 0.15) is 0 Å². The fraction of sp³-hybridized carbons (Fsp3) is 0.571.